The number of thioether (sulfide) groups is 1. The summed E-state index contributed by atoms with van der Waals surface area (Å²) in [5.74, 6) is 2.01. The smallest absolute Gasteiger partial charge is 0.262 e. The molecule has 2 aromatic heterocycles. The lowest BCUT2D eigenvalue weighted by Crippen LogP contribution is -2.24. The van der Waals surface area contributed by atoms with Crippen LogP contribution in [0.5, 0.6) is 5.75 Å². The molecule has 0 spiro atoms. The lowest BCUT2D eigenvalue weighted by molar-refractivity contribution is 0.0743. The van der Waals surface area contributed by atoms with E-state index in [9.17, 15) is 4.79 Å². The molecule has 172 valence electrons. The summed E-state index contributed by atoms with van der Waals surface area (Å²) in [5.41, 5.74) is 2.35. The number of para-hydroxylation sites is 1. The summed E-state index contributed by atoms with van der Waals surface area (Å²) in [6.45, 7) is 5.14. The second-order valence-electron chi connectivity index (χ2n) is 7.84. The maximum atomic E-state index is 13.2. The minimum absolute atomic E-state index is 0.0378. The first kappa shape index (κ1) is 23.1. The van der Waals surface area contributed by atoms with Gasteiger partial charge in [-0.15, -0.1) is 0 Å². The Balaban J connectivity index is 1.53. The summed E-state index contributed by atoms with van der Waals surface area (Å²) < 4.78 is 18.1. The third-order valence-electron chi connectivity index (χ3n) is 5.09. The van der Waals surface area contributed by atoms with Crippen LogP contribution in [0.15, 0.2) is 69.1 Å². The molecular formula is C25H27N3O4S. The van der Waals surface area contributed by atoms with Crippen LogP contribution in [0.3, 0.4) is 0 Å². The summed E-state index contributed by atoms with van der Waals surface area (Å²) in [4.78, 5) is 17.9. The largest absolute Gasteiger partial charge is 0.497 e. The standard InChI is InChI=1S/C25H27N3O4S/c1-17(2)31-14-6-13-28-24(29)21-7-4-5-8-22(21)26-25(28)33-16-20-15-23(27-32-20)18-9-11-19(30-3)12-10-18/h4-5,7-12,15,17H,6,13-14,16H2,1-3H3. The quantitative estimate of drug-likeness (QED) is 0.182. The third-order valence-corrected chi connectivity index (χ3v) is 6.09. The molecule has 0 fully saturated rings. The van der Waals surface area contributed by atoms with E-state index in [1.807, 2.05) is 68.4 Å². The van der Waals surface area contributed by atoms with E-state index < -0.39 is 0 Å². The monoisotopic (exact) mass is 465 g/mol. The first-order valence-electron chi connectivity index (χ1n) is 10.9. The molecular weight excluding hydrogens is 438 g/mol. The van der Waals surface area contributed by atoms with E-state index in [1.165, 1.54) is 11.8 Å². The van der Waals surface area contributed by atoms with Crippen molar-refractivity contribution in [2.45, 2.75) is 43.8 Å². The number of methoxy groups -OCH3 is 1. The molecule has 0 aliphatic carbocycles. The van der Waals surface area contributed by atoms with Gasteiger partial charge in [-0.1, -0.05) is 29.1 Å². The van der Waals surface area contributed by atoms with Gasteiger partial charge in [-0.3, -0.25) is 9.36 Å². The molecule has 0 N–H and O–H groups in total. The minimum Gasteiger partial charge on any atom is -0.497 e. The molecule has 8 heteroatoms. The Morgan fingerprint density at radius 2 is 1.91 bits per heavy atom. The summed E-state index contributed by atoms with van der Waals surface area (Å²) >= 11 is 1.47. The van der Waals surface area contributed by atoms with Crippen LogP contribution >= 0.6 is 11.8 Å². The van der Waals surface area contributed by atoms with Crippen LogP contribution in [-0.4, -0.2) is 34.5 Å². The van der Waals surface area contributed by atoms with E-state index in [-0.39, 0.29) is 11.7 Å². The van der Waals surface area contributed by atoms with Crippen LogP contribution in [0.2, 0.25) is 0 Å². The SMILES string of the molecule is COc1ccc(-c2cc(CSc3nc4ccccc4c(=O)n3CCCOC(C)C)on2)cc1. The van der Waals surface area contributed by atoms with E-state index in [4.69, 9.17) is 19.0 Å². The van der Waals surface area contributed by atoms with Gasteiger partial charge in [-0.05, 0) is 56.7 Å². The molecule has 0 saturated carbocycles. The van der Waals surface area contributed by atoms with E-state index in [1.54, 1.807) is 11.7 Å². The predicted octanol–water partition coefficient (Wildman–Crippen LogP) is 5.17. The molecule has 4 rings (SSSR count). The molecule has 4 aromatic rings. The summed E-state index contributed by atoms with van der Waals surface area (Å²) in [7, 11) is 1.64. The summed E-state index contributed by atoms with van der Waals surface area (Å²) in [5, 5.41) is 5.46. The lowest BCUT2D eigenvalue weighted by atomic mass is 10.1. The van der Waals surface area contributed by atoms with Gasteiger partial charge in [0.2, 0.25) is 0 Å². The first-order valence-corrected chi connectivity index (χ1v) is 11.9. The van der Waals surface area contributed by atoms with E-state index in [0.717, 1.165) is 23.4 Å². The predicted molar refractivity (Wildman–Crippen MR) is 130 cm³/mol. The molecule has 7 nitrogen and oxygen atoms in total. The van der Waals surface area contributed by atoms with Crippen molar-refractivity contribution in [1.82, 2.24) is 14.7 Å². The van der Waals surface area contributed by atoms with Crippen molar-refractivity contribution in [3.63, 3.8) is 0 Å². The van der Waals surface area contributed by atoms with Gasteiger partial charge in [-0.25, -0.2) is 4.98 Å². The van der Waals surface area contributed by atoms with Gasteiger partial charge in [0.25, 0.3) is 5.56 Å². The zero-order valence-electron chi connectivity index (χ0n) is 19.0. The van der Waals surface area contributed by atoms with Gasteiger partial charge < -0.3 is 14.0 Å². The van der Waals surface area contributed by atoms with Gasteiger partial charge in [0, 0.05) is 24.8 Å². The molecule has 0 aliphatic rings. The Kier molecular flexibility index (Phi) is 7.47. The number of hydrogen-bond donors (Lipinski definition) is 0. The molecule has 0 bridgehead atoms. The van der Waals surface area contributed by atoms with Crippen molar-refractivity contribution >= 4 is 22.7 Å². The van der Waals surface area contributed by atoms with Gasteiger partial charge in [0.15, 0.2) is 5.16 Å². The van der Waals surface area contributed by atoms with Gasteiger partial charge >= 0.3 is 0 Å². The van der Waals surface area contributed by atoms with Crippen molar-refractivity contribution in [1.29, 1.82) is 0 Å². The maximum Gasteiger partial charge on any atom is 0.262 e. The molecule has 0 radical (unpaired) electrons. The first-order chi connectivity index (χ1) is 16.0. The van der Waals surface area contributed by atoms with Crippen molar-refractivity contribution in [2.24, 2.45) is 0 Å². The zero-order chi connectivity index (χ0) is 23.2. The van der Waals surface area contributed by atoms with E-state index >= 15 is 0 Å². The molecule has 0 saturated heterocycles. The highest BCUT2D eigenvalue weighted by Gasteiger charge is 2.14. The van der Waals surface area contributed by atoms with Crippen molar-refractivity contribution in [3.05, 3.63) is 70.7 Å². The van der Waals surface area contributed by atoms with E-state index in [0.29, 0.717) is 40.7 Å². The van der Waals surface area contributed by atoms with Gasteiger partial charge in [0.1, 0.15) is 17.2 Å². The Labute approximate surface area is 196 Å². The topological polar surface area (TPSA) is 79.4 Å². The molecule has 33 heavy (non-hydrogen) atoms. The molecule has 2 heterocycles. The zero-order valence-corrected chi connectivity index (χ0v) is 19.8. The number of nitrogens with zero attached hydrogens (tertiary/aromatic N) is 3. The normalized spacial score (nSPS) is 11.4. The van der Waals surface area contributed by atoms with Crippen LogP contribution in [-0.2, 0) is 17.0 Å². The Morgan fingerprint density at radius 3 is 2.67 bits per heavy atom. The highest BCUT2D eigenvalue weighted by molar-refractivity contribution is 7.98. The molecule has 0 amide bonds. The average Bonchev–Trinajstić information content (AvgIpc) is 3.31. The fourth-order valence-electron chi connectivity index (χ4n) is 3.41. The number of fused-ring (bicyclic) bond motifs is 1. The fourth-order valence-corrected chi connectivity index (χ4v) is 4.31. The van der Waals surface area contributed by atoms with E-state index in [2.05, 4.69) is 5.16 Å². The molecule has 0 atom stereocenters. The Hall–Kier alpha value is -3.10. The van der Waals surface area contributed by atoms with Crippen LogP contribution < -0.4 is 10.3 Å². The van der Waals surface area contributed by atoms with Crippen molar-refractivity contribution < 1.29 is 14.0 Å². The second-order valence-corrected chi connectivity index (χ2v) is 8.78. The van der Waals surface area contributed by atoms with Crippen molar-refractivity contribution in [2.75, 3.05) is 13.7 Å². The summed E-state index contributed by atoms with van der Waals surface area (Å²) in [6.07, 6.45) is 0.895. The Bertz CT molecular complexity index is 1260. The minimum atomic E-state index is -0.0378. The molecule has 0 aliphatic heterocycles. The van der Waals surface area contributed by atoms with Crippen LogP contribution in [0.1, 0.15) is 26.0 Å². The summed E-state index contributed by atoms with van der Waals surface area (Å²) in [6, 6.07) is 17.0. The third kappa shape index (κ3) is 5.64. The number of hydrogen-bond acceptors (Lipinski definition) is 7. The number of rotatable bonds is 10. The van der Waals surface area contributed by atoms with Crippen LogP contribution in [0.25, 0.3) is 22.2 Å². The van der Waals surface area contributed by atoms with Crippen LogP contribution in [0.4, 0.5) is 0 Å². The Morgan fingerprint density at radius 1 is 1.12 bits per heavy atom. The lowest BCUT2D eigenvalue weighted by Gasteiger charge is -2.13. The second kappa shape index (κ2) is 10.7. The average molecular weight is 466 g/mol. The molecule has 2 aromatic carbocycles. The number of aromatic nitrogens is 3. The maximum absolute atomic E-state index is 13.2. The number of benzene rings is 2. The van der Waals surface area contributed by atoms with Gasteiger partial charge in [0.05, 0.1) is 29.9 Å². The van der Waals surface area contributed by atoms with Crippen molar-refractivity contribution in [3.8, 4) is 17.0 Å². The highest BCUT2D eigenvalue weighted by Crippen LogP contribution is 2.26. The van der Waals surface area contributed by atoms with Crippen LogP contribution in [0, 0.1) is 0 Å². The molecule has 0 unspecified atom stereocenters. The number of ether oxygens (including phenoxy) is 2. The van der Waals surface area contributed by atoms with Gasteiger partial charge in [-0.2, -0.15) is 0 Å². The highest BCUT2D eigenvalue weighted by atomic mass is 32.2. The fraction of sp³-hybridized carbons (Fsp3) is 0.320.